The highest BCUT2D eigenvalue weighted by atomic mass is 16.2. The lowest BCUT2D eigenvalue weighted by Gasteiger charge is -2.34. The summed E-state index contributed by atoms with van der Waals surface area (Å²) in [4.78, 5) is 30.6. The molecule has 0 bridgehead atoms. The molecule has 9 nitrogen and oxygen atoms in total. The Morgan fingerprint density at radius 1 is 1.03 bits per heavy atom. The summed E-state index contributed by atoms with van der Waals surface area (Å²) >= 11 is 0. The molecule has 1 aliphatic heterocycles. The van der Waals surface area contributed by atoms with Crippen molar-refractivity contribution in [1.82, 2.24) is 35.4 Å². The van der Waals surface area contributed by atoms with Crippen molar-refractivity contribution in [1.29, 1.82) is 0 Å². The van der Waals surface area contributed by atoms with E-state index in [-0.39, 0.29) is 11.8 Å². The number of nitrogens with zero attached hydrogens (tertiary/aromatic N) is 5. The second kappa shape index (κ2) is 11.7. The Kier molecular flexibility index (Phi) is 7.91. The molecule has 2 aromatic carbocycles. The van der Waals surface area contributed by atoms with Gasteiger partial charge in [0.2, 0.25) is 5.91 Å². The number of hydrogen-bond acceptors (Lipinski definition) is 6. The van der Waals surface area contributed by atoms with Crippen molar-refractivity contribution in [2.24, 2.45) is 0 Å². The number of benzene rings is 2. The molecule has 5 rings (SSSR count). The molecule has 0 radical (unpaired) electrons. The van der Waals surface area contributed by atoms with Crippen molar-refractivity contribution in [3.8, 4) is 5.69 Å². The highest BCUT2D eigenvalue weighted by molar-refractivity contribution is 5.97. The Morgan fingerprint density at radius 3 is 2.49 bits per heavy atom. The first-order valence-corrected chi connectivity index (χ1v) is 13.1. The molecule has 0 unspecified atom stereocenters. The van der Waals surface area contributed by atoms with Gasteiger partial charge in [-0.1, -0.05) is 35.5 Å². The number of likely N-dealkylation sites (N-methyl/N-ethyl adjacent to an activating group) is 1. The molecule has 194 valence electrons. The van der Waals surface area contributed by atoms with Crippen LogP contribution < -0.4 is 10.6 Å². The van der Waals surface area contributed by atoms with Gasteiger partial charge in [-0.05, 0) is 62.7 Å². The predicted molar refractivity (Wildman–Crippen MR) is 142 cm³/mol. The van der Waals surface area contributed by atoms with Crippen molar-refractivity contribution >= 4 is 11.8 Å². The molecular formula is C28H35N7O2. The van der Waals surface area contributed by atoms with Gasteiger partial charge in [0.25, 0.3) is 5.91 Å². The van der Waals surface area contributed by atoms with Gasteiger partial charge in [0.15, 0.2) is 0 Å². The van der Waals surface area contributed by atoms with Crippen molar-refractivity contribution in [3.05, 3.63) is 78.1 Å². The molecule has 2 heterocycles. The minimum atomic E-state index is -0.545. The van der Waals surface area contributed by atoms with Crippen LogP contribution in [0.3, 0.4) is 0 Å². The van der Waals surface area contributed by atoms with Crippen molar-refractivity contribution in [3.63, 3.8) is 0 Å². The van der Waals surface area contributed by atoms with E-state index in [9.17, 15) is 9.59 Å². The molecule has 9 heteroatoms. The molecule has 2 aliphatic rings. The molecule has 2 amide bonds. The Morgan fingerprint density at radius 2 is 1.78 bits per heavy atom. The molecule has 2 N–H and O–H groups in total. The number of carbonyl (C=O) groups excluding carboxylic acids is 2. The van der Waals surface area contributed by atoms with Gasteiger partial charge in [-0.3, -0.25) is 9.59 Å². The van der Waals surface area contributed by atoms with E-state index in [1.54, 1.807) is 29.2 Å². The number of aromatic nitrogens is 3. The maximum absolute atomic E-state index is 13.4. The topological polar surface area (TPSA) is 95.4 Å². The van der Waals surface area contributed by atoms with Crippen LogP contribution in [0.5, 0.6) is 0 Å². The third-order valence-electron chi connectivity index (χ3n) is 7.33. The summed E-state index contributed by atoms with van der Waals surface area (Å²) < 4.78 is 1.64. The van der Waals surface area contributed by atoms with Crippen LogP contribution in [0.15, 0.2) is 67.0 Å². The van der Waals surface area contributed by atoms with Gasteiger partial charge >= 0.3 is 0 Å². The normalized spacial score (nSPS) is 20.4. The summed E-state index contributed by atoms with van der Waals surface area (Å²) in [5, 5.41) is 14.5. The van der Waals surface area contributed by atoms with Gasteiger partial charge in [0.05, 0.1) is 18.1 Å². The van der Waals surface area contributed by atoms with E-state index in [1.165, 1.54) is 5.56 Å². The number of rotatable bonds is 10. The Hall–Kier alpha value is -3.56. The second-order valence-electron chi connectivity index (χ2n) is 10.0. The molecule has 1 saturated heterocycles. The first-order chi connectivity index (χ1) is 18.1. The van der Waals surface area contributed by atoms with Crippen LogP contribution in [0.2, 0.25) is 0 Å². The first kappa shape index (κ1) is 25.1. The Bertz CT molecular complexity index is 1160. The third-order valence-corrected chi connectivity index (χ3v) is 7.33. The fourth-order valence-electron chi connectivity index (χ4n) is 4.94. The van der Waals surface area contributed by atoms with Crippen LogP contribution in [0.1, 0.15) is 41.1 Å². The van der Waals surface area contributed by atoms with Crippen LogP contribution in [-0.2, 0) is 4.79 Å². The lowest BCUT2D eigenvalue weighted by molar-refractivity contribution is -0.135. The summed E-state index contributed by atoms with van der Waals surface area (Å²) in [5.74, 6) is 0.343. The third kappa shape index (κ3) is 6.42. The van der Waals surface area contributed by atoms with Gasteiger partial charge in [0.1, 0.15) is 6.04 Å². The average Bonchev–Trinajstić information content (AvgIpc) is 3.50. The molecule has 0 spiro atoms. The maximum Gasteiger partial charge on any atom is 0.251 e. The minimum Gasteiger partial charge on any atom is -0.340 e. The summed E-state index contributed by atoms with van der Waals surface area (Å²) in [7, 11) is 2.07. The minimum absolute atomic E-state index is 0.00858. The van der Waals surface area contributed by atoms with Gasteiger partial charge in [0, 0.05) is 43.7 Å². The van der Waals surface area contributed by atoms with E-state index in [0.29, 0.717) is 37.0 Å². The zero-order valence-electron chi connectivity index (χ0n) is 21.3. The van der Waals surface area contributed by atoms with E-state index in [0.717, 1.165) is 38.2 Å². The Balaban J connectivity index is 1.17. The highest BCUT2D eigenvalue weighted by Gasteiger charge is 2.37. The molecule has 37 heavy (non-hydrogen) atoms. The van der Waals surface area contributed by atoms with Crippen LogP contribution in [0, 0.1) is 0 Å². The SMILES string of the molecule is CN1CCN(C(=O)[C@H](CCCN[C@@H]2C[C@H]2c2ccccc2)NC(=O)c2ccc(-n3ccnn3)cc2)CC1. The van der Waals surface area contributed by atoms with E-state index in [1.807, 2.05) is 23.1 Å². The molecule has 1 aliphatic carbocycles. The number of hydrogen-bond donors (Lipinski definition) is 2. The molecular weight excluding hydrogens is 466 g/mol. The Labute approximate surface area is 217 Å². The molecule has 1 aromatic heterocycles. The molecule has 1 saturated carbocycles. The van der Waals surface area contributed by atoms with Crippen molar-refractivity contribution in [2.75, 3.05) is 39.8 Å². The number of amides is 2. The number of carbonyl (C=O) groups is 2. The number of nitrogens with one attached hydrogen (secondary N) is 2. The first-order valence-electron chi connectivity index (χ1n) is 13.1. The summed E-state index contributed by atoms with van der Waals surface area (Å²) in [5.41, 5.74) is 2.71. The van der Waals surface area contributed by atoms with Gasteiger partial charge in [-0.25, -0.2) is 4.68 Å². The fourth-order valence-corrected chi connectivity index (χ4v) is 4.94. The molecule has 3 aromatic rings. The number of piperazine rings is 1. The van der Waals surface area contributed by atoms with Crippen LogP contribution >= 0.6 is 0 Å². The standard InChI is InChI=1S/C28H35N7O2/c1-33-16-18-34(19-17-33)28(37)25(8-5-13-29-26-20-24(26)21-6-3-2-4-7-21)31-27(36)22-9-11-23(12-10-22)35-15-14-30-32-35/h2-4,6-7,9-12,14-15,24-26,29H,5,8,13,16-20H2,1H3,(H,31,36)/t24-,25-,26+/m0/s1. The van der Waals surface area contributed by atoms with Gasteiger partial charge < -0.3 is 20.4 Å². The second-order valence-corrected chi connectivity index (χ2v) is 10.0. The molecule has 2 fully saturated rings. The fraction of sp³-hybridized carbons (Fsp3) is 0.429. The van der Waals surface area contributed by atoms with Gasteiger partial charge in [-0.15, -0.1) is 5.10 Å². The molecule has 3 atom stereocenters. The van der Waals surface area contributed by atoms with E-state index in [2.05, 4.69) is 57.2 Å². The average molecular weight is 502 g/mol. The largest absolute Gasteiger partial charge is 0.340 e. The van der Waals surface area contributed by atoms with E-state index < -0.39 is 6.04 Å². The summed E-state index contributed by atoms with van der Waals surface area (Å²) in [6, 6.07) is 17.7. The smallest absolute Gasteiger partial charge is 0.251 e. The summed E-state index contributed by atoms with van der Waals surface area (Å²) in [6.07, 6.45) is 5.92. The van der Waals surface area contributed by atoms with Gasteiger partial charge in [-0.2, -0.15) is 0 Å². The van der Waals surface area contributed by atoms with Crippen molar-refractivity contribution < 1.29 is 9.59 Å². The quantitative estimate of drug-likeness (QED) is 0.413. The van der Waals surface area contributed by atoms with Crippen LogP contribution in [0.25, 0.3) is 5.69 Å². The maximum atomic E-state index is 13.4. The van der Waals surface area contributed by atoms with Crippen LogP contribution in [-0.4, -0.2) is 88.5 Å². The zero-order chi connectivity index (χ0) is 25.6. The lowest BCUT2D eigenvalue weighted by atomic mass is 10.1. The summed E-state index contributed by atoms with van der Waals surface area (Å²) in [6.45, 7) is 3.89. The lowest BCUT2D eigenvalue weighted by Crippen LogP contribution is -2.54. The predicted octanol–water partition coefficient (Wildman–Crippen LogP) is 2.07. The van der Waals surface area contributed by atoms with E-state index >= 15 is 0 Å². The monoisotopic (exact) mass is 501 g/mol. The highest BCUT2D eigenvalue weighted by Crippen LogP contribution is 2.40. The van der Waals surface area contributed by atoms with E-state index in [4.69, 9.17) is 0 Å². The van der Waals surface area contributed by atoms with Crippen molar-refractivity contribution in [2.45, 2.75) is 37.3 Å². The zero-order valence-corrected chi connectivity index (χ0v) is 21.3. The van der Waals surface area contributed by atoms with Crippen LogP contribution in [0.4, 0.5) is 0 Å².